The Kier molecular flexibility index (Phi) is 4.85. The Hall–Kier alpha value is -3.40. The first kappa shape index (κ1) is 17.4. The quantitative estimate of drug-likeness (QED) is 0.657. The molecule has 1 aromatic heterocycles. The molecule has 7 nitrogen and oxygen atoms in total. The van der Waals surface area contributed by atoms with Crippen LogP contribution in [0.2, 0.25) is 0 Å². The van der Waals surface area contributed by atoms with Gasteiger partial charge in [0.2, 0.25) is 11.9 Å². The van der Waals surface area contributed by atoms with Crippen LogP contribution in [0.3, 0.4) is 0 Å². The molecule has 0 spiro atoms. The van der Waals surface area contributed by atoms with Crippen LogP contribution in [-0.4, -0.2) is 26.0 Å². The van der Waals surface area contributed by atoms with E-state index in [0.717, 1.165) is 0 Å². The number of nitriles is 1. The fourth-order valence-electron chi connectivity index (χ4n) is 3.27. The van der Waals surface area contributed by atoms with E-state index in [2.05, 4.69) is 5.32 Å². The zero-order valence-corrected chi connectivity index (χ0v) is 14.4. The van der Waals surface area contributed by atoms with Gasteiger partial charge in [-0.3, -0.25) is 14.9 Å². The third kappa shape index (κ3) is 2.97. The number of hydrogen-bond donors (Lipinski definition) is 1. The summed E-state index contributed by atoms with van der Waals surface area (Å²) < 4.78 is 12.3. The van der Waals surface area contributed by atoms with Crippen molar-refractivity contribution in [3.05, 3.63) is 54.4 Å². The van der Waals surface area contributed by atoms with E-state index in [1.165, 1.54) is 14.2 Å². The highest BCUT2D eigenvalue weighted by Crippen LogP contribution is 2.39. The predicted octanol–water partition coefficient (Wildman–Crippen LogP) is 1.11. The van der Waals surface area contributed by atoms with Crippen LogP contribution in [0.5, 0.6) is 11.5 Å². The van der Waals surface area contributed by atoms with Crippen LogP contribution >= 0.6 is 0 Å². The third-order valence-corrected chi connectivity index (χ3v) is 4.49. The number of benzene rings is 1. The number of ether oxygens (including phenoxy) is 2. The standard InChI is InChI=1S/C19H17N3O4/c1-25-14-7-6-12(10-15(14)26-2)16-13(11-20)18(23)21-19(24)17(16)22-8-4-3-5-9-22/h3-10,13,16-17H,1-2H3/p+1/t13-,16-,17-/m1/s1. The second-order valence-electron chi connectivity index (χ2n) is 5.87. The zero-order valence-electron chi connectivity index (χ0n) is 14.4. The van der Waals surface area contributed by atoms with Crippen molar-refractivity contribution in [1.82, 2.24) is 5.32 Å². The Morgan fingerprint density at radius 1 is 1.04 bits per heavy atom. The van der Waals surface area contributed by atoms with E-state index in [4.69, 9.17) is 9.47 Å². The third-order valence-electron chi connectivity index (χ3n) is 4.49. The lowest BCUT2D eigenvalue weighted by Gasteiger charge is -2.30. The maximum Gasteiger partial charge on any atom is 0.296 e. The molecule has 7 heteroatoms. The van der Waals surface area contributed by atoms with E-state index in [1.807, 2.05) is 12.1 Å². The second-order valence-corrected chi connectivity index (χ2v) is 5.87. The Labute approximate surface area is 150 Å². The first-order valence-corrected chi connectivity index (χ1v) is 8.02. The van der Waals surface area contributed by atoms with Gasteiger partial charge in [0.15, 0.2) is 23.9 Å². The highest BCUT2D eigenvalue weighted by molar-refractivity contribution is 6.02. The van der Waals surface area contributed by atoms with Crippen molar-refractivity contribution < 1.29 is 23.6 Å². The number of nitrogens with one attached hydrogen (secondary N) is 1. The van der Waals surface area contributed by atoms with E-state index < -0.39 is 29.7 Å². The molecule has 26 heavy (non-hydrogen) atoms. The number of hydrogen-bond acceptors (Lipinski definition) is 5. The first-order chi connectivity index (χ1) is 12.6. The minimum atomic E-state index is -1.01. The molecule has 1 aliphatic heterocycles. The van der Waals surface area contributed by atoms with Crippen LogP contribution in [0.15, 0.2) is 48.8 Å². The van der Waals surface area contributed by atoms with Crippen molar-refractivity contribution in [2.45, 2.75) is 12.0 Å². The smallest absolute Gasteiger partial charge is 0.296 e. The molecule has 3 atom stereocenters. The summed E-state index contributed by atoms with van der Waals surface area (Å²) in [6.45, 7) is 0. The second kappa shape index (κ2) is 7.23. The minimum Gasteiger partial charge on any atom is -0.493 e. The molecule has 0 unspecified atom stereocenters. The molecule has 0 radical (unpaired) electrons. The van der Waals surface area contributed by atoms with Crippen LogP contribution in [0, 0.1) is 17.2 Å². The summed E-state index contributed by atoms with van der Waals surface area (Å²) in [5.41, 5.74) is 0.652. The summed E-state index contributed by atoms with van der Waals surface area (Å²) in [6, 6.07) is 11.9. The van der Waals surface area contributed by atoms with Gasteiger partial charge in [0, 0.05) is 12.1 Å². The lowest BCUT2D eigenvalue weighted by Crippen LogP contribution is -2.59. The topological polar surface area (TPSA) is 92.3 Å². The number of piperidine rings is 1. The summed E-state index contributed by atoms with van der Waals surface area (Å²) in [5, 5.41) is 11.9. The van der Waals surface area contributed by atoms with E-state index >= 15 is 0 Å². The number of amides is 2. The van der Waals surface area contributed by atoms with Gasteiger partial charge in [-0.1, -0.05) is 12.1 Å². The Morgan fingerprint density at radius 2 is 1.73 bits per heavy atom. The van der Waals surface area contributed by atoms with Gasteiger partial charge in [0.1, 0.15) is 5.92 Å². The monoisotopic (exact) mass is 352 g/mol. The molecule has 2 amide bonds. The molecular weight excluding hydrogens is 334 g/mol. The largest absolute Gasteiger partial charge is 0.493 e. The summed E-state index contributed by atoms with van der Waals surface area (Å²) in [4.78, 5) is 24.9. The van der Waals surface area contributed by atoms with Crippen molar-refractivity contribution in [1.29, 1.82) is 5.26 Å². The molecule has 132 valence electrons. The SMILES string of the molecule is COc1ccc([C@@H]2[C@@H](C#N)C(=O)NC(=O)[C@@H]2[n+]2ccccc2)cc1OC. The van der Waals surface area contributed by atoms with Crippen LogP contribution in [0.1, 0.15) is 17.5 Å². The van der Waals surface area contributed by atoms with Gasteiger partial charge in [-0.15, -0.1) is 0 Å². The molecule has 1 N–H and O–H groups in total. The van der Waals surface area contributed by atoms with Crippen molar-refractivity contribution in [2.24, 2.45) is 5.92 Å². The molecule has 2 aromatic rings. The predicted molar refractivity (Wildman–Crippen MR) is 90.2 cm³/mol. The van der Waals surface area contributed by atoms with Gasteiger partial charge in [-0.25, -0.2) is 0 Å². The molecule has 3 rings (SSSR count). The highest BCUT2D eigenvalue weighted by atomic mass is 16.5. The van der Waals surface area contributed by atoms with Crippen molar-refractivity contribution in [3.63, 3.8) is 0 Å². The molecule has 0 saturated carbocycles. The number of rotatable bonds is 4. The Morgan fingerprint density at radius 3 is 2.35 bits per heavy atom. The summed E-state index contributed by atoms with van der Waals surface area (Å²) in [5.74, 6) is -1.71. The van der Waals surface area contributed by atoms with Gasteiger partial charge < -0.3 is 9.47 Å². The number of aromatic nitrogens is 1. The maximum absolute atomic E-state index is 12.6. The molecule has 1 fully saturated rings. The van der Waals surface area contributed by atoms with E-state index in [1.54, 1.807) is 47.3 Å². The van der Waals surface area contributed by atoms with E-state index in [0.29, 0.717) is 17.1 Å². The lowest BCUT2D eigenvalue weighted by molar-refractivity contribution is -0.713. The van der Waals surface area contributed by atoms with Crippen LogP contribution in [0.4, 0.5) is 0 Å². The first-order valence-electron chi connectivity index (χ1n) is 8.02. The average molecular weight is 352 g/mol. The highest BCUT2D eigenvalue weighted by Gasteiger charge is 2.50. The van der Waals surface area contributed by atoms with E-state index in [-0.39, 0.29) is 0 Å². The molecular formula is C19H18N3O4+. The van der Waals surface area contributed by atoms with Gasteiger partial charge in [-0.05, 0) is 17.7 Å². The number of carbonyl (C=O) groups excluding carboxylic acids is 2. The van der Waals surface area contributed by atoms with E-state index in [9.17, 15) is 14.9 Å². The fourth-order valence-corrected chi connectivity index (χ4v) is 3.27. The van der Waals surface area contributed by atoms with Crippen LogP contribution in [-0.2, 0) is 9.59 Å². The summed E-state index contributed by atoms with van der Waals surface area (Å²) in [7, 11) is 3.03. The number of methoxy groups -OCH3 is 2. The van der Waals surface area contributed by atoms with Gasteiger partial charge >= 0.3 is 0 Å². The fraction of sp³-hybridized carbons (Fsp3) is 0.263. The molecule has 0 bridgehead atoms. The van der Waals surface area contributed by atoms with Gasteiger partial charge in [0.05, 0.1) is 26.2 Å². The number of carbonyl (C=O) groups is 2. The summed E-state index contributed by atoms with van der Waals surface area (Å²) in [6.07, 6.45) is 3.48. The number of imide groups is 1. The minimum absolute atomic E-state index is 0.447. The van der Waals surface area contributed by atoms with Gasteiger partial charge in [0.25, 0.3) is 5.91 Å². The van der Waals surface area contributed by atoms with Crippen molar-refractivity contribution in [3.8, 4) is 17.6 Å². The molecule has 1 aromatic carbocycles. The summed E-state index contributed by atoms with van der Waals surface area (Å²) >= 11 is 0. The molecule has 2 heterocycles. The van der Waals surface area contributed by atoms with Crippen molar-refractivity contribution in [2.75, 3.05) is 14.2 Å². The Bertz CT molecular complexity index is 876. The van der Waals surface area contributed by atoms with Crippen LogP contribution < -0.4 is 19.4 Å². The van der Waals surface area contributed by atoms with Gasteiger partial charge in [-0.2, -0.15) is 9.83 Å². The molecule has 1 saturated heterocycles. The number of pyridine rings is 1. The Balaban J connectivity index is 2.16. The van der Waals surface area contributed by atoms with Crippen molar-refractivity contribution >= 4 is 11.8 Å². The lowest BCUT2D eigenvalue weighted by atomic mass is 9.77. The molecule has 0 aliphatic carbocycles. The average Bonchev–Trinajstić information content (AvgIpc) is 2.67. The normalized spacial score (nSPS) is 22.3. The van der Waals surface area contributed by atoms with Crippen LogP contribution in [0.25, 0.3) is 0 Å². The number of nitrogens with zero attached hydrogens (tertiary/aromatic N) is 2. The zero-order chi connectivity index (χ0) is 18.7. The maximum atomic E-state index is 12.6. The molecule has 1 aliphatic rings.